The van der Waals surface area contributed by atoms with Crippen molar-refractivity contribution in [3.63, 3.8) is 0 Å². The van der Waals surface area contributed by atoms with Crippen LogP contribution in [-0.4, -0.2) is 15.6 Å². The van der Waals surface area contributed by atoms with Gasteiger partial charge in [-0.25, -0.2) is 0 Å². The van der Waals surface area contributed by atoms with Gasteiger partial charge in [0.15, 0.2) is 0 Å². The van der Waals surface area contributed by atoms with Gasteiger partial charge in [-0.05, 0) is 25.2 Å². The molecule has 2 atom stereocenters. The number of hydrogen-bond acceptors (Lipinski definition) is 4. The van der Waals surface area contributed by atoms with E-state index in [1.807, 2.05) is 0 Å². The van der Waals surface area contributed by atoms with Crippen LogP contribution in [0.15, 0.2) is 6.20 Å². The number of hydrogen-bond donors (Lipinski definition) is 1. The van der Waals surface area contributed by atoms with E-state index in [9.17, 15) is 0 Å². The maximum atomic E-state index is 3.81. The van der Waals surface area contributed by atoms with E-state index in [1.54, 1.807) is 6.20 Å². The van der Waals surface area contributed by atoms with Gasteiger partial charge >= 0.3 is 0 Å². The lowest BCUT2D eigenvalue weighted by Gasteiger charge is -2.10. The molecule has 0 radical (unpaired) electrons. The van der Waals surface area contributed by atoms with Gasteiger partial charge in [-0.1, -0.05) is 11.4 Å². The fourth-order valence-electron chi connectivity index (χ4n) is 1.77. The maximum Gasteiger partial charge on any atom is 0.130 e. The van der Waals surface area contributed by atoms with Crippen molar-refractivity contribution in [3.8, 4) is 0 Å². The van der Waals surface area contributed by atoms with Gasteiger partial charge in [0.05, 0.1) is 6.20 Å². The summed E-state index contributed by atoms with van der Waals surface area (Å²) in [5, 5.41) is 8.34. The molecule has 3 nitrogen and oxygen atoms in total. The number of nitrogens with one attached hydrogen (secondary N) is 1. The molecule has 66 valence electrons. The molecule has 1 aromatic rings. The summed E-state index contributed by atoms with van der Waals surface area (Å²) in [6.45, 7) is 2.31. The fourth-order valence-corrected chi connectivity index (χ4v) is 2.27. The highest BCUT2D eigenvalue weighted by atomic mass is 32.1. The molecule has 0 spiro atoms. The first-order valence-corrected chi connectivity index (χ1v) is 5.16. The van der Waals surface area contributed by atoms with Crippen LogP contribution in [0.3, 0.4) is 0 Å². The average Bonchev–Trinajstić information content (AvgIpc) is 2.63. The molecule has 1 saturated carbocycles. The van der Waals surface area contributed by atoms with Gasteiger partial charge < -0.3 is 5.32 Å². The summed E-state index contributed by atoms with van der Waals surface area (Å²) in [6.07, 6.45) is 5.73. The van der Waals surface area contributed by atoms with Crippen molar-refractivity contribution in [2.45, 2.75) is 32.2 Å². The topological polar surface area (TPSA) is 37.8 Å². The van der Waals surface area contributed by atoms with E-state index in [0.29, 0.717) is 6.04 Å². The van der Waals surface area contributed by atoms with Crippen molar-refractivity contribution >= 4 is 16.5 Å². The minimum Gasteiger partial charge on any atom is -0.372 e. The van der Waals surface area contributed by atoms with Crippen molar-refractivity contribution in [1.29, 1.82) is 0 Å². The Morgan fingerprint density at radius 1 is 1.58 bits per heavy atom. The van der Waals surface area contributed by atoms with E-state index in [2.05, 4.69) is 21.8 Å². The number of aromatic nitrogens is 2. The SMILES string of the molecule is CC1CCC(Nc2cnns2)C1. The molecule has 1 aliphatic carbocycles. The van der Waals surface area contributed by atoms with Gasteiger partial charge in [-0.15, -0.1) is 5.10 Å². The van der Waals surface area contributed by atoms with E-state index >= 15 is 0 Å². The minimum atomic E-state index is 0.655. The second-order valence-electron chi connectivity index (χ2n) is 3.54. The summed E-state index contributed by atoms with van der Waals surface area (Å²) in [5.74, 6) is 0.878. The van der Waals surface area contributed by atoms with Crippen LogP contribution in [-0.2, 0) is 0 Å². The summed E-state index contributed by atoms with van der Waals surface area (Å²) < 4.78 is 3.81. The standard InChI is InChI=1S/C8H13N3S/c1-6-2-3-7(4-6)10-8-5-9-11-12-8/h5-7,10H,2-4H2,1H3. The lowest BCUT2D eigenvalue weighted by molar-refractivity contribution is 0.603. The average molecular weight is 183 g/mol. The molecule has 2 unspecified atom stereocenters. The van der Waals surface area contributed by atoms with Crippen LogP contribution in [0.5, 0.6) is 0 Å². The zero-order chi connectivity index (χ0) is 8.39. The molecule has 0 aliphatic heterocycles. The normalized spacial score (nSPS) is 29.1. The second-order valence-corrected chi connectivity index (χ2v) is 4.33. The summed E-state index contributed by atoms with van der Waals surface area (Å²) in [5.41, 5.74) is 0. The largest absolute Gasteiger partial charge is 0.372 e. The predicted molar refractivity (Wildman–Crippen MR) is 50.3 cm³/mol. The highest BCUT2D eigenvalue weighted by Crippen LogP contribution is 2.27. The van der Waals surface area contributed by atoms with Crippen LogP contribution >= 0.6 is 11.5 Å². The second kappa shape index (κ2) is 3.39. The predicted octanol–water partition coefficient (Wildman–Crippen LogP) is 2.14. The Morgan fingerprint density at radius 2 is 2.50 bits per heavy atom. The number of rotatable bonds is 2. The van der Waals surface area contributed by atoms with Crippen molar-refractivity contribution in [1.82, 2.24) is 9.59 Å². The Morgan fingerprint density at radius 3 is 3.08 bits per heavy atom. The quantitative estimate of drug-likeness (QED) is 0.763. The summed E-state index contributed by atoms with van der Waals surface area (Å²) in [7, 11) is 0. The molecule has 0 amide bonds. The van der Waals surface area contributed by atoms with Gasteiger partial charge in [0.2, 0.25) is 0 Å². The zero-order valence-electron chi connectivity index (χ0n) is 7.16. The molecule has 2 rings (SSSR count). The first-order valence-electron chi connectivity index (χ1n) is 4.38. The third kappa shape index (κ3) is 1.75. The highest BCUT2D eigenvalue weighted by molar-refractivity contribution is 7.09. The first-order chi connectivity index (χ1) is 5.84. The van der Waals surface area contributed by atoms with E-state index in [0.717, 1.165) is 10.9 Å². The van der Waals surface area contributed by atoms with Crippen LogP contribution in [0, 0.1) is 5.92 Å². The Balaban J connectivity index is 1.88. The first kappa shape index (κ1) is 7.98. The maximum absolute atomic E-state index is 3.81. The molecule has 1 N–H and O–H groups in total. The van der Waals surface area contributed by atoms with Gasteiger partial charge in [-0.2, -0.15) is 0 Å². The Bertz CT molecular complexity index is 234. The molecule has 0 saturated heterocycles. The molecule has 0 bridgehead atoms. The monoisotopic (exact) mass is 183 g/mol. The summed E-state index contributed by atoms with van der Waals surface area (Å²) in [6, 6.07) is 0.655. The number of anilines is 1. The highest BCUT2D eigenvalue weighted by Gasteiger charge is 2.21. The zero-order valence-corrected chi connectivity index (χ0v) is 7.97. The van der Waals surface area contributed by atoms with Crippen molar-refractivity contribution in [3.05, 3.63) is 6.20 Å². The molecule has 12 heavy (non-hydrogen) atoms. The van der Waals surface area contributed by atoms with Gasteiger partial charge in [0.1, 0.15) is 5.00 Å². The third-order valence-electron chi connectivity index (χ3n) is 2.40. The Hall–Kier alpha value is -0.640. The molecular formula is C8H13N3S. The Labute approximate surface area is 76.4 Å². The molecule has 4 heteroatoms. The van der Waals surface area contributed by atoms with Crippen LogP contribution in [0.4, 0.5) is 5.00 Å². The van der Waals surface area contributed by atoms with Crippen molar-refractivity contribution in [2.75, 3.05) is 5.32 Å². The summed E-state index contributed by atoms with van der Waals surface area (Å²) >= 11 is 1.44. The summed E-state index contributed by atoms with van der Waals surface area (Å²) in [4.78, 5) is 0. The molecule has 1 aromatic heterocycles. The number of nitrogens with zero attached hydrogens (tertiary/aromatic N) is 2. The van der Waals surface area contributed by atoms with E-state index in [4.69, 9.17) is 0 Å². The molecule has 1 aliphatic rings. The molecule has 1 fully saturated rings. The smallest absolute Gasteiger partial charge is 0.130 e. The fraction of sp³-hybridized carbons (Fsp3) is 0.750. The van der Waals surface area contributed by atoms with Crippen molar-refractivity contribution in [2.24, 2.45) is 5.92 Å². The Kier molecular flexibility index (Phi) is 2.26. The van der Waals surface area contributed by atoms with Crippen LogP contribution < -0.4 is 5.32 Å². The van der Waals surface area contributed by atoms with E-state index in [-0.39, 0.29) is 0 Å². The van der Waals surface area contributed by atoms with Crippen LogP contribution in [0.1, 0.15) is 26.2 Å². The minimum absolute atomic E-state index is 0.655. The van der Waals surface area contributed by atoms with Gasteiger partial charge in [0.25, 0.3) is 0 Å². The third-order valence-corrected chi connectivity index (χ3v) is 3.00. The van der Waals surface area contributed by atoms with E-state index < -0.39 is 0 Å². The van der Waals surface area contributed by atoms with E-state index in [1.165, 1.54) is 30.8 Å². The molecular weight excluding hydrogens is 170 g/mol. The van der Waals surface area contributed by atoms with Crippen molar-refractivity contribution < 1.29 is 0 Å². The molecule has 1 heterocycles. The lowest BCUT2D eigenvalue weighted by atomic mass is 10.1. The van der Waals surface area contributed by atoms with Crippen LogP contribution in [0.2, 0.25) is 0 Å². The van der Waals surface area contributed by atoms with Gasteiger partial charge in [0, 0.05) is 17.6 Å². The molecule has 0 aromatic carbocycles. The van der Waals surface area contributed by atoms with Gasteiger partial charge in [-0.3, -0.25) is 0 Å². The lowest BCUT2D eigenvalue weighted by Crippen LogP contribution is -2.14. The van der Waals surface area contributed by atoms with Crippen LogP contribution in [0.25, 0.3) is 0 Å².